The highest BCUT2D eigenvalue weighted by Crippen LogP contribution is 2.66. The number of nitrogens with zero attached hydrogens (tertiary/aromatic N) is 2. The Kier molecular flexibility index (Phi) is 5.82. The molecule has 3 aliphatic carbocycles. The molecule has 0 saturated heterocycles. The summed E-state index contributed by atoms with van der Waals surface area (Å²) < 4.78 is 0. The summed E-state index contributed by atoms with van der Waals surface area (Å²) in [6, 6.07) is 20.4. The minimum atomic E-state index is -0.487. The van der Waals surface area contributed by atoms with Crippen molar-refractivity contribution in [3.05, 3.63) is 104 Å². The van der Waals surface area contributed by atoms with E-state index in [-0.39, 0.29) is 11.5 Å². The number of unbranched alkanes of at least 4 members (excludes halogenated alkanes) is 2. The largest absolute Gasteiger partial charge is 0.504 e. The standard InChI is InChI=1S/C34H30Cl2N2O2/c1-3-5-11-33-19-9-7-8-10-20(19)34(12-6-4-2,24-16-32(40)31(39)15-23(24)33)22-14-28-27(13-21(22)33)37-29-17-25(35)26(36)18-30(29)38-28/h7-10,13-18,39-40H,3-6,11-12H2,1-2H3. The van der Waals surface area contributed by atoms with Crippen LogP contribution in [0.3, 0.4) is 0 Å². The molecule has 202 valence electrons. The molecule has 0 fully saturated rings. The lowest BCUT2D eigenvalue weighted by Crippen LogP contribution is -2.51. The maximum atomic E-state index is 10.8. The van der Waals surface area contributed by atoms with Crippen molar-refractivity contribution in [2.45, 2.75) is 63.2 Å². The van der Waals surface area contributed by atoms with Crippen molar-refractivity contribution in [2.24, 2.45) is 0 Å². The molecular weight excluding hydrogens is 539 g/mol. The number of halogens is 2. The van der Waals surface area contributed by atoms with E-state index >= 15 is 0 Å². The molecule has 0 radical (unpaired) electrons. The second-order valence-corrected chi connectivity index (χ2v) is 12.1. The number of phenols is 2. The van der Waals surface area contributed by atoms with Gasteiger partial charge in [-0.1, -0.05) is 87.0 Å². The number of aromatic nitrogens is 2. The van der Waals surface area contributed by atoms with Crippen molar-refractivity contribution in [1.29, 1.82) is 0 Å². The number of rotatable bonds is 6. The number of phenolic OH excluding ortho intramolecular Hbond substituents is 2. The topological polar surface area (TPSA) is 66.2 Å². The lowest BCUT2D eigenvalue weighted by molar-refractivity contribution is 0.379. The zero-order valence-corrected chi connectivity index (χ0v) is 24.1. The van der Waals surface area contributed by atoms with Gasteiger partial charge in [-0.2, -0.15) is 0 Å². The summed E-state index contributed by atoms with van der Waals surface area (Å²) in [7, 11) is 0. The highest BCUT2D eigenvalue weighted by Gasteiger charge is 2.58. The highest BCUT2D eigenvalue weighted by molar-refractivity contribution is 6.42. The first-order chi connectivity index (χ1) is 19.3. The average Bonchev–Trinajstić information content (AvgIpc) is 2.95. The minimum absolute atomic E-state index is 0.0788. The molecule has 4 nitrogen and oxygen atoms in total. The van der Waals surface area contributed by atoms with Crippen LogP contribution in [0.5, 0.6) is 11.5 Å². The smallest absolute Gasteiger partial charge is 0.157 e. The fourth-order valence-electron chi connectivity index (χ4n) is 7.50. The van der Waals surface area contributed by atoms with Gasteiger partial charge in [-0.3, -0.25) is 0 Å². The molecule has 2 atom stereocenters. The van der Waals surface area contributed by atoms with Crippen LogP contribution >= 0.6 is 23.2 Å². The van der Waals surface area contributed by atoms with E-state index in [9.17, 15) is 10.2 Å². The summed E-state index contributed by atoms with van der Waals surface area (Å²) in [6.07, 6.45) is 5.84. The van der Waals surface area contributed by atoms with Gasteiger partial charge in [0.2, 0.25) is 0 Å². The third kappa shape index (κ3) is 3.27. The van der Waals surface area contributed by atoms with Gasteiger partial charge in [0.15, 0.2) is 11.5 Å². The SMILES string of the molecule is CCCCC12c3ccccc3C(CCCC)(c3cc(O)c(O)cc31)c1cc3nc4cc(Cl)c(Cl)cc4nc3cc12. The van der Waals surface area contributed by atoms with Crippen LogP contribution in [0, 0.1) is 0 Å². The molecule has 0 amide bonds. The van der Waals surface area contributed by atoms with Crippen LogP contribution in [0.2, 0.25) is 10.0 Å². The predicted molar refractivity (Wildman–Crippen MR) is 162 cm³/mol. The Balaban J connectivity index is 1.66. The van der Waals surface area contributed by atoms with E-state index < -0.39 is 10.8 Å². The van der Waals surface area contributed by atoms with Crippen LogP contribution in [-0.4, -0.2) is 20.2 Å². The van der Waals surface area contributed by atoms with Crippen LogP contribution < -0.4 is 0 Å². The van der Waals surface area contributed by atoms with Gasteiger partial charge in [0.05, 0.1) is 32.1 Å². The first kappa shape index (κ1) is 25.6. The summed E-state index contributed by atoms with van der Waals surface area (Å²) in [5, 5.41) is 22.6. The van der Waals surface area contributed by atoms with Gasteiger partial charge in [0.1, 0.15) is 0 Å². The van der Waals surface area contributed by atoms with Crippen molar-refractivity contribution in [1.82, 2.24) is 9.97 Å². The van der Waals surface area contributed by atoms with Gasteiger partial charge in [-0.05, 0) is 82.6 Å². The summed E-state index contributed by atoms with van der Waals surface area (Å²) in [4.78, 5) is 10.0. The van der Waals surface area contributed by atoms with Crippen molar-refractivity contribution < 1.29 is 10.2 Å². The van der Waals surface area contributed by atoms with Crippen LogP contribution in [0.1, 0.15) is 85.8 Å². The Bertz CT molecular complexity index is 1720. The zero-order valence-electron chi connectivity index (χ0n) is 22.6. The molecule has 1 heterocycles. The molecule has 6 heteroatoms. The predicted octanol–water partition coefficient (Wildman–Crippen LogP) is 9.18. The third-order valence-electron chi connectivity index (χ3n) is 9.23. The van der Waals surface area contributed by atoms with Crippen molar-refractivity contribution in [3.63, 3.8) is 0 Å². The molecule has 2 unspecified atom stereocenters. The van der Waals surface area contributed by atoms with Gasteiger partial charge < -0.3 is 10.2 Å². The second kappa shape index (κ2) is 9.09. The molecule has 5 aromatic rings. The van der Waals surface area contributed by atoms with Crippen molar-refractivity contribution in [3.8, 4) is 11.5 Å². The molecule has 1 aromatic heterocycles. The Labute approximate surface area is 243 Å². The maximum Gasteiger partial charge on any atom is 0.157 e. The van der Waals surface area contributed by atoms with Gasteiger partial charge in [0, 0.05) is 10.8 Å². The van der Waals surface area contributed by atoms with E-state index in [0.717, 1.165) is 60.7 Å². The fraction of sp³-hybridized carbons (Fsp3) is 0.294. The van der Waals surface area contributed by atoms with Gasteiger partial charge in [0.25, 0.3) is 0 Å². The van der Waals surface area contributed by atoms with Crippen molar-refractivity contribution in [2.75, 3.05) is 0 Å². The van der Waals surface area contributed by atoms with Crippen LogP contribution in [0.25, 0.3) is 22.1 Å². The third-order valence-corrected chi connectivity index (χ3v) is 9.95. The lowest BCUT2D eigenvalue weighted by atomic mass is 9.45. The molecule has 3 aliphatic rings. The number of aromatic hydroxyl groups is 2. The molecular formula is C34H30Cl2N2O2. The molecule has 8 rings (SSSR count). The van der Waals surface area contributed by atoms with E-state index in [1.54, 1.807) is 12.1 Å². The van der Waals surface area contributed by atoms with E-state index in [0.29, 0.717) is 21.1 Å². The first-order valence-corrected chi connectivity index (χ1v) is 14.9. The first-order valence-electron chi connectivity index (χ1n) is 14.1. The Morgan fingerprint density at radius 3 is 1.35 bits per heavy atom. The monoisotopic (exact) mass is 568 g/mol. The van der Waals surface area contributed by atoms with Gasteiger partial charge in [-0.25, -0.2) is 9.97 Å². The van der Waals surface area contributed by atoms with E-state index in [4.69, 9.17) is 33.2 Å². The summed E-state index contributed by atoms with van der Waals surface area (Å²) in [6.45, 7) is 4.42. The van der Waals surface area contributed by atoms with Crippen molar-refractivity contribution >= 4 is 45.3 Å². The molecule has 0 saturated carbocycles. The Hall–Kier alpha value is -3.34. The number of hydrogen-bond donors (Lipinski definition) is 2. The van der Waals surface area contributed by atoms with Crippen LogP contribution in [-0.2, 0) is 10.8 Å². The van der Waals surface area contributed by atoms with Gasteiger partial charge in [-0.15, -0.1) is 0 Å². The highest BCUT2D eigenvalue weighted by atomic mass is 35.5. The molecule has 2 bridgehead atoms. The van der Waals surface area contributed by atoms with Gasteiger partial charge >= 0.3 is 0 Å². The molecule has 2 N–H and O–H groups in total. The normalized spacial score (nSPS) is 20.5. The zero-order chi connectivity index (χ0) is 27.8. The summed E-state index contributed by atoms with van der Waals surface area (Å²) in [5.41, 5.74) is 9.22. The lowest BCUT2D eigenvalue weighted by Gasteiger charge is -2.57. The minimum Gasteiger partial charge on any atom is -0.504 e. The average molecular weight is 570 g/mol. The maximum absolute atomic E-state index is 10.8. The molecule has 0 aliphatic heterocycles. The second-order valence-electron chi connectivity index (χ2n) is 11.3. The number of fused-ring (bicyclic) bond motifs is 2. The molecule has 40 heavy (non-hydrogen) atoms. The van der Waals surface area contributed by atoms with E-state index in [1.165, 1.54) is 22.3 Å². The molecule has 4 aromatic carbocycles. The van der Waals surface area contributed by atoms with E-state index in [2.05, 4.69) is 50.2 Å². The summed E-state index contributed by atoms with van der Waals surface area (Å²) in [5.74, 6) is -0.158. The summed E-state index contributed by atoms with van der Waals surface area (Å²) >= 11 is 12.7. The Morgan fingerprint density at radius 1 is 0.575 bits per heavy atom. The van der Waals surface area contributed by atoms with Crippen LogP contribution in [0.4, 0.5) is 0 Å². The molecule has 0 spiro atoms. The number of benzene rings is 4. The quantitative estimate of drug-likeness (QED) is 0.158. The van der Waals surface area contributed by atoms with E-state index in [1.807, 2.05) is 12.1 Å². The fourth-order valence-corrected chi connectivity index (χ4v) is 7.82. The Morgan fingerprint density at radius 2 is 0.950 bits per heavy atom. The van der Waals surface area contributed by atoms with Crippen LogP contribution in [0.15, 0.2) is 60.7 Å². The number of hydrogen-bond acceptors (Lipinski definition) is 4.